The predicted octanol–water partition coefficient (Wildman–Crippen LogP) is 0.989. The molecule has 1 saturated carbocycles. The molecule has 1 saturated heterocycles. The SMILES string of the molecule is N/C(=C\C=C(/N)N1CCC(C=O)CC1)C(=O)NC1CCCCC1. The highest BCUT2D eigenvalue weighted by Gasteiger charge is 2.19. The van der Waals surface area contributed by atoms with Crippen molar-refractivity contribution in [2.75, 3.05) is 13.1 Å². The highest BCUT2D eigenvalue weighted by Crippen LogP contribution is 2.18. The predicted molar refractivity (Wildman–Crippen MR) is 89.9 cm³/mol. The molecule has 2 rings (SSSR count). The molecule has 2 aliphatic rings. The third-order valence-corrected chi connectivity index (χ3v) is 4.73. The molecule has 0 atom stereocenters. The van der Waals surface area contributed by atoms with E-state index >= 15 is 0 Å². The standard InChI is InChI=1S/C17H28N4O2/c18-15(17(23)20-14-4-2-1-3-5-14)6-7-16(19)21-10-8-13(12-22)9-11-21/h6-7,12-14H,1-5,8-11,18-19H2,(H,20,23)/b15-6-,16-7+. The van der Waals surface area contributed by atoms with E-state index in [2.05, 4.69) is 5.32 Å². The molecular weight excluding hydrogens is 292 g/mol. The Bertz CT molecular complexity index is 473. The molecule has 0 aromatic carbocycles. The van der Waals surface area contributed by atoms with Gasteiger partial charge < -0.3 is 26.5 Å². The van der Waals surface area contributed by atoms with Gasteiger partial charge in [0.2, 0.25) is 0 Å². The van der Waals surface area contributed by atoms with Crippen LogP contribution in [0.4, 0.5) is 0 Å². The molecule has 5 N–H and O–H groups in total. The number of amides is 1. The molecule has 1 aliphatic carbocycles. The van der Waals surface area contributed by atoms with Crippen molar-refractivity contribution >= 4 is 12.2 Å². The van der Waals surface area contributed by atoms with E-state index in [1.54, 1.807) is 12.2 Å². The first-order valence-corrected chi connectivity index (χ1v) is 8.54. The van der Waals surface area contributed by atoms with E-state index in [4.69, 9.17) is 11.5 Å². The summed E-state index contributed by atoms with van der Waals surface area (Å²) in [6, 6.07) is 0.242. The van der Waals surface area contributed by atoms with Gasteiger partial charge in [-0.25, -0.2) is 0 Å². The second-order valence-electron chi connectivity index (χ2n) is 6.48. The van der Waals surface area contributed by atoms with Crippen molar-refractivity contribution in [2.45, 2.75) is 51.0 Å². The van der Waals surface area contributed by atoms with Gasteiger partial charge in [-0.3, -0.25) is 4.79 Å². The summed E-state index contributed by atoms with van der Waals surface area (Å²) in [4.78, 5) is 24.8. The number of carbonyl (C=O) groups excluding carboxylic acids is 2. The summed E-state index contributed by atoms with van der Waals surface area (Å²) < 4.78 is 0. The van der Waals surface area contributed by atoms with Crippen molar-refractivity contribution in [3.05, 3.63) is 23.7 Å². The second kappa shape index (κ2) is 8.60. The van der Waals surface area contributed by atoms with Gasteiger partial charge in [-0.2, -0.15) is 0 Å². The molecule has 1 heterocycles. The zero-order valence-electron chi connectivity index (χ0n) is 13.7. The smallest absolute Gasteiger partial charge is 0.267 e. The summed E-state index contributed by atoms with van der Waals surface area (Å²) in [6.45, 7) is 1.52. The van der Waals surface area contributed by atoms with Gasteiger partial charge in [0.25, 0.3) is 5.91 Å². The first kappa shape index (κ1) is 17.4. The molecule has 1 aliphatic heterocycles. The Balaban J connectivity index is 1.84. The number of piperidine rings is 1. The van der Waals surface area contributed by atoms with Crippen molar-refractivity contribution in [1.82, 2.24) is 10.2 Å². The lowest BCUT2D eigenvalue weighted by molar-refractivity contribution is -0.118. The molecule has 0 radical (unpaired) electrons. The van der Waals surface area contributed by atoms with Crippen molar-refractivity contribution in [2.24, 2.45) is 17.4 Å². The number of hydrogen-bond acceptors (Lipinski definition) is 5. The maximum atomic E-state index is 12.1. The van der Waals surface area contributed by atoms with Crippen LogP contribution in [0.2, 0.25) is 0 Å². The summed E-state index contributed by atoms with van der Waals surface area (Å²) in [7, 11) is 0. The zero-order chi connectivity index (χ0) is 16.7. The summed E-state index contributed by atoms with van der Waals surface area (Å²) in [5.74, 6) is 0.504. The molecule has 0 aromatic rings. The van der Waals surface area contributed by atoms with E-state index in [9.17, 15) is 9.59 Å². The van der Waals surface area contributed by atoms with Crippen LogP contribution in [0.25, 0.3) is 0 Å². The van der Waals surface area contributed by atoms with Gasteiger partial charge in [-0.15, -0.1) is 0 Å². The number of nitrogens with zero attached hydrogens (tertiary/aromatic N) is 1. The molecule has 23 heavy (non-hydrogen) atoms. The van der Waals surface area contributed by atoms with Gasteiger partial charge in [0.15, 0.2) is 0 Å². The van der Waals surface area contributed by atoms with E-state index < -0.39 is 0 Å². The van der Waals surface area contributed by atoms with Crippen LogP contribution in [0.1, 0.15) is 44.9 Å². The third kappa shape index (κ3) is 5.30. The molecule has 128 valence electrons. The number of carbonyl (C=O) groups is 2. The van der Waals surface area contributed by atoms with Crippen LogP contribution < -0.4 is 16.8 Å². The first-order chi connectivity index (χ1) is 11.1. The lowest BCUT2D eigenvalue weighted by atomic mass is 9.95. The molecule has 0 spiro atoms. The van der Waals surface area contributed by atoms with Crippen LogP contribution in [0.15, 0.2) is 23.7 Å². The number of nitrogens with two attached hydrogens (primary N) is 2. The minimum absolute atomic E-state index is 0.140. The number of rotatable bonds is 5. The molecule has 0 bridgehead atoms. The van der Waals surface area contributed by atoms with Gasteiger partial charge in [-0.1, -0.05) is 19.3 Å². The van der Waals surface area contributed by atoms with Crippen molar-refractivity contribution < 1.29 is 9.59 Å². The van der Waals surface area contributed by atoms with Crippen LogP contribution in [0.3, 0.4) is 0 Å². The molecule has 0 aromatic heterocycles. The molecule has 6 heteroatoms. The number of hydrogen-bond donors (Lipinski definition) is 3. The lowest BCUT2D eigenvalue weighted by Gasteiger charge is -2.31. The van der Waals surface area contributed by atoms with Crippen LogP contribution in [-0.4, -0.2) is 36.2 Å². The molecule has 0 unspecified atom stereocenters. The quantitative estimate of drug-likeness (QED) is 0.398. The van der Waals surface area contributed by atoms with E-state index in [1.165, 1.54) is 6.42 Å². The van der Waals surface area contributed by atoms with Gasteiger partial charge >= 0.3 is 0 Å². The first-order valence-electron chi connectivity index (χ1n) is 8.54. The lowest BCUT2D eigenvalue weighted by Crippen LogP contribution is -2.38. The van der Waals surface area contributed by atoms with Gasteiger partial charge in [0, 0.05) is 25.0 Å². The average molecular weight is 320 g/mol. The normalized spacial score (nSPS) is 22.0. The van der Waals surface area contributed by atoms with Crippen LogP contribution in [0, 0.1) is 5.92 Å². The number of allylic oxidation sites excluding steroid dienone is 2. The number of nitrogens with one attached hydrogen (secondary N) is 1. The van der Waals surface area contributed by atoms with Gasteiger partial charge in [0.05, 0.1) is 11.5 Å². The Labute approximate surface area is 137 Å². The fourth-order valence-corrected chi connectivity index (χ4v) is 3.17. The Kier molecular flexibility index (Phi) is 6.50. The Hall–Kier alpha value is -1.98. The summed E-state index contributed by atoms with van der Waals surface area (Å²) >= 11 is 0. The van der Waals surface area contributed by atoms with Crippen LogP contribution >= 0.6 is 0 Å². The summed E-state index contributed by atoms with van der Waals surface area (Å²) in [5, 5.41) is 2.98. The van der Waals surface area contributed by atoms with Gasteiger partial charge in [-0.05, 0) is 37.8 Å². The molecule has 1 amide bonds. The molecule has 6 nitrogen and oxygen atoms in total. The zero-order valence-corrected chi connectivity index (χ0v) is 13.7. The van der Waals surface area contributed by atoms with E-state index in [0.29, 0.717) is 5.82 Å². The topological polar surface area (TPSA) is 101 Å². The van der Waals surface area contributed by atoms with Crippen LogP contribution in [0.5, 0.6) is 0 Å². The monoisotopic (exact) mass is 320 g/mol. The fraction of sp³-hybridized carbons (Fsp3) is 0.647. The fourth-order valence-electron chi connectivity index (χ4n) is 3.17. The molecule has 2 fully saturated rings. The third-order valence-electron chi connectivity index (χ3n) is 4.73. The van der Waals surface area contributed by atoms with Crippen molar-refractivity contribution in [3.63, 3.8) is 0 Å². The average Bonchev–Trinajstić information content (AvgIpc) is 2.60. The Morgan fingerprint density at radius 2 is 1.65 bits per heavy atom. The minimum Gasteiger partial charge on any atom is -0.394 e. The maximum Gasteiger partial charge on any atom is 0.267 e. The van der Waals surface area contributed by atoms with E-state index in [0.717, 1.165) is 57.9 Å². The highest BCUT2D eigenvalue weighted by molar-refractivity contribution is 5.92. The summed E-state index contributed by atoms with van der Waals surface area (Å²) in [5.41, 5.74) is 12.1. The number of aldehydes is 1. The largest absolute Gasteiger partial charge is 0.394 e. The Morgan fingerprint density at radius 3 is 2.26 bits per heavy atom. The summed E-state index contributed by atoms with van der Waals surface area (Å²) in [6.07, 6.45) is 11.5. The maximum absolute atomic E-state index is 12.1. The highest BCUT2D eigenvalue weighted by atomic mass is 16.2. The number of likely N-dealkylation sites (tertiary alicyclic amines) is 1. The Morgan fingerprint density at radius 1 is 1.00 bits per heavy atom. The second-order valence-corrected chi connectivity index (χ2v) is 6.48. The van der Waals surface area contributed by atoms with E-state index in [1.807, 2.05) is 4.90 Å². The van der Waals surface area contributed by atoms with Gasteiger partial charge in [0.1, 0.15) is 6.29 Å². The van der Waals surface area contributed by atoms with Crippen molar-refractivity contribution in [3.8, 4) is 0 Å². The van der Waals surface area contributed by atoms with Crippen LogP contribution in [-0.2, 0) is 9.59 Å². The van der Waals surface area contributed by atoms with Crippen molar-refractivity contribution in [1.29, 1.82) is 0 Å². The minimum atomic E-state index is -0.222. The molecular formula is C17H28N4O2. The van der Waals surface area contributed by atoms with E-state index in [-0.39, 0.29) is 23.6 Å².